The highest BCUT2D eigenvalue weighted by molar-refractivity contribution is 7.97. The number of aromatic nitrogens is 2. The molecule has 0 saturated heterocycles. The Morgan fingerprint density at radius 3 is 2.86 bits per heavy atom. The number of hydrogen-bond acceptors (Lipinski definition) is 5. The lowest BCUT2D eigenvalue weighted by molar-refractivity contribution is 0.284. The molecule has 0 bridgehead atoms. The summed E-state index contributed by atoms with van der Waals surface area (Å²) < 4.78 is 5.20. The van der Waals surface area contributed by atoms with Gasteiger partial charge >= 0.3 is 0 Å². The first kappa shape index (κ1) is 9.98. The van der Waals surface area contributed by atoms with Gasteiger partial charge in [-0.15, -0.1) is 0 Å². The Morgan fingerprint density at radius 2 is 2.21 bits per heavy atom. The fourth-order valence-corrected chi connectivity index (χ4v) is 2.24. The second-order valence-corrected chi connectivity index (χ2v) is 4.68. The van der Waals surface area contributed by atoms with E-state index >= 15 is 0 Å². The maximum Gasteiger partial charge on any atom is 0.246 e. The maximum atomic E-state index is 6.19. The molecule has 2 rings (SSSR count). The lowest BCUT2D eigenvalue weighted by atomic mass is 10.00. The molecule has 5 heteroatoms. The molecule has 4 nitrogen and oxygen atoms in total. The van der Waals surface area contributed by atoms with E-state index in [4.69, 9.17) is 10.3 Å². The first-order chi connectivity index (χ1) is 6.74. The van der Waals surface area contributed by atoms with Gasteiger partial charge in [-0.1, -0.05) is 18.0 Å². The number of hydrogen-bond donors (Lipinski definition) is 1. The van der Waals surface area contributed by atoms with Crippen LogP contribution in [0.3, 0.4) is 0 Å². The van der Waals surface area contributed by atoms with Gasteiger partial charge in [-0.3, -0.25) is 0 Å². The van der Waals surface area contributed by atoms with Gasteiger partial charge in [-0.05, 0) is 19.1 Å². The van der Waals surface area contributed by atoms with Crippen molar-refractivity contribution in [2.45, 2.75) is 37.0 Å². The smallest absolute Gasteiger partial charge is 0.246 e. The van der Waals surface area contributed by atoms with Gasteiger partial charge in [0.1, 0.15) is 0 Å². The molecular weight excluding hydrogens is 198 g/mol. The van der Waals surface area contributed by atoms with Crippen molar-refractivity contribution in [1.29, 1.82) is 0 Å². The summed E-state index contributed by atoms with van der Waals surface area (Å²) in [5.41, 5.74) is 5.84. The summed E-state index contributed by atoms with van der Waals surface area (Å²) in [6.45, 7) is 0. The molecule has 0 unspecified atom stereocenters. The minimum Gasteiger partial charge on any atom is -0.337 e. The molecule has 0 amide bonds. The Morgan fingerprint density at radius 1 is 1.50 bits per heavy atom. The van der Waals surface area contributed by atoms with Crippen molar-refractivity contribution >= 4 is 11.8 Å². The van der Waals surface area contributed by atoms with E-state index in [9.17, 15) is 0 Å². The van der Waals surface area contributed by atoms with Gasteiger partial charge in [0.25, 0.3) is 0 Å². The standard InChI is InChI=1S/C9H15N3OS/c1-14-6-7-11-8(13-12-7)9(10)4-2-3-5-9/h2-6,10H2,1H3. The third kappa shape index (κ3) is 1.79. The quantitative estimate of drug-likeness (QED) is 0.827. The van der Waals surface area contributed by atoms with E-state index in [-0.39, 0.29) is 5.54 Å². The van der Waals surface area contributed by atoms with Gasteiger partial charge in [0.15, 0.2) is 5.82 Å². The van der Waals surface area contributed by atoms with Crippen LogP contribution in [0.5, 0.6) is 0 Å². The Kier molecular flexibility index (Phi) is 2.78. The monoisotopic (exact) mass is 213 g/mol. The highest BCUT2D eigenvalue weighted by Gasteiger charge is 2.36. The summed E-state index contributed by atoms with van der Waals surface area (Å²) in [6, 6.07) is 0. The van der Waals surface area contributed by atoms with E-state index in [0.29, 0.717) is 5.89 Å². The Labute approximate surface area is 87.6 Å². The van der Waals surface area contributed by atoms with Crippen molar-refractivity contribution < 1.29 is 4.52 Å². The van der Waals surface area contributed by atoms with Crippen LogP contribution in [-0.4, -0.2) is 16.4 Å². The Hall–Kier alpha value is -0.550. The van der Waals surface area contributed by atoms with Crippen LogP contribution in [0.2, 0.25) is 0 Å². The van der Waals surface area contributed by atoms with E-state index < -0.39 is 0 Å². The van der Waals surface area contributed by atoms with E-state index in [1.54, 1.807) is 11.8 Å². The van der Waals surface area contributed by atoms with Gasteiger partial charge < -0.3 is 10.3 Å². The average molecular weight is 213 g/mol. The molecule has 1 saturated carbocycles. The summed E-state index contributed by atoms with van der Waals surface area (Å²) in [4.78, 5) is 4.33. The minimum absolute atomic E-state index is 0.344. The predicted molar refractivity (Wildman–Crippen MR) is 55.9 cm³/mol. The topological polar surface area (TPSA) is 64.9 Å². The van der Waals surface area contributed by atoms with Crippen molar-refractivity contribution in [3.05, 3.63) is 11.7 Å². The zero-order valence-electron chi connectivity index (χ0n) is 8.32. The van der Waals surface area contributed by atoms with Crippen LogP contribution in [0, 0.1) is 0 Å². The van der Waals surface area contributed by atoms with Crippen molar-refractivity contribution in [1.82, 2.24) is 10.1 Å². The van der Waals surface area contributed by atoms with Gasteiger partial charge in [0.2, 0.25) is 5.89 Å². The number of nitrogens with zero attached hydrogens (tertiary/aromatic N) is 2. The largest absolute Gasteiger partial charge is 0.337 e. The molecule has 0 aliphatic heterocycles. The minimum atomic E-state index is -0.344. The molecule has 0 spiro atoms. The number of thioether (sulfide) groups is 1. The third-order valence-electron chi connectivity index (χ3n) is 2.66. The summed E-state index contributed by atoms with van der Waals surface area (Å²) in [5, 5.41) is 3.91. The predicted octanol–water partition coefficient (Wildman–Crippen LogP) is 1.66. The molecule has 14 heavy (non-hydrogen) atoms. The fourth-order valence-electron chi connectivity index (χ4n) is 1.86. The molecule has 1 aliphatic carbocycles. The second kappa shape index (κ2) is 3.90. The van der Waals surface area contributed by atoms with Crippen LogP contribution in [0.4, 0.5) is 0 Å². The lowest BCUT2D eigenvalue weighted by Gasteiger charge is -2.17. The Balaban J connectivity index is 2.15. The molecule has 0 aromatic carbocycles. The normalized spacial score (nSPS) is 20.1. The molecular formula is C9H15N3OS. The zero-order valence-corrected chi connectivity index (χ0v) is 9.14. The molecule has 1 fully saturated rings. The summed E-state index contributed by atoms with van der Waals surface area (Å²) in [6.07, 6.45) is 6.28. The fraction of sp³-hybridized carbons (Fsp3) is 0.778. The van der Waals surface area contributed by atoms with Crippen molar-refractivity contribution in [2.24, 2.45) is 5.73 Å². The summed E-state index contributed by atoms with van der Waals surface area (Å²) in [5.74, 6) is 2.17. The molecule has 78 valence electrons. The highest BCUT2D eigenvalue weighted by atomic mass is 32.2. The summed E-state index contributed by atoms with van der Waals surface area (Å²) >= 11 is 1.68. The van der Waals surface area contributed by atoms with E-state index in [2.05, 4.69) is 10.1 Å². The SMILES string of the molecule is CSCc1noc(C2(N)CCCC2)n1. The van der Waals surface area contributed by atoms with Crippen LogP contribution in [0.1, 0.15) is 37.4 Å². The van der Waals surface area contributed by atoms with Gasteiger partial charge in [0.05, 0.1) is 11.3 Å². The molecule has 1 heterocycles. The van der Waals surface area contributed by atoms with Gasteiger partial charge in [-0.2, -0.15) is 16.7 Å². The van der Waals surface area contributed by atoms with Crippen LogP contribution >= 0.6 is 11.8 Å². The van der Waals surface area contributed by atoms with Crippen LogP contribution in [-0.2, 0) is 11.3 Å². The van der Waals surface area contributed by atoms with E-state index in [1.165, 1.54) is 0 Å². The van der Waals surface area contributed by atoms with Crippen LogP contribution in [0.15, 0.2) is 4.52 Å². The molecule has 0 atom stereocenters. The maximum absolute atomic E-state index is 6.19. The van der Waals surface area contributed by atoms with Crippen molar-refractivity contribution in [3.8, 4) is 0 Å². The Bertz CT molecular complexity index is 307. The number of nitrogens with two attached hydrogens (primary N) is 1. The first-order valence-corrected chi connectivity index (χ1v) is 6.25. The molecule has 0 radical (unpaired) electrons. The number of rotatable bonds is 3. The first-order valence-electron chi connectivity index (χ1n) is 4.85. The van der Waals surface area contributed by atoms with E-state index in [0.717, 1.165) is 37.3 Å². The second-order valence-electron chi connectivity index (χ2n) is 3.81. The van der Waals surface area contributed by atoms with Crippen LogP contribution in [0.25, 0.3) is 0 Å². The average Bonchev–Trinajstić information content (AvgIpc) is 2.75. The van der Waals surface area contributed by atoms with Crippen molar-refractivity contribution in [2.75, 3.05) is 6.26 Å². The zero-order chi connectivity index (χ0) is 10.0. The molecule has 1 aliphatic rings. The van der Waals surface area contributed by atoms with Gasteiger partial charge in [0, 0.05) is 0 Å². The summed E-state index contributed by atoms with van der Waals surface area (Å²) in [7, 11) is 0. The molecule has 1 aromatic heterocycles. The van der Waals surface area contributed by atoms with Gasteiger partial charge in [-0.25, -0.2) is 0 Å². The van der Waals surface area contributed by atoms with Crippen LogP contribution < -0.4 is 5.73 Å². The van der Waals surface area contributed by atoms with E-state index in [1.807, 2.05) is 6.26 Å². The molecule has 2 N–H and O–H groups in total. The lowest BCUT2D eigenvalue weighted by Crippen LogP contribution is -2.33. The third-order valence-corrected chi connectivity index (χ3v) is 3.21. The molecule has 1 aromatic rings. The highest BCUT2D eigenvalue weighted by Crippen LogP contribution is 2.35. The van der Waals surface area contributed by atoms with Crippen molar-refractivity contribution in [3.63, 3.8) is 0 Å².